The van der Waals surface area contributed by atoms with Crippen LogP contribution in [0.1, 0.15) is 24.5 Å². The second-order valence-electron chi connectivity index (χ2n) is 3.29. The largest absolute Gasteiger partial charge is 0.123 e. The molecule has 0 aliphatic heterocycles. The first-order valence-corrected chi connectivity index (χ1v) is 5.75. The molecule has 0 aliphatic carbocycles. The summed E-state index contributed by atoms with van der Waals surface area (Å²) in [4.78, 5) is 0. The first-order valence-electron chi connectivity index (χ1n) is 4.52. The third-order valence-corrected chi connectivity index (χ3v) is 3.45. The quantitative estimate of drug-likeness (QED) is 0.711. The molecule has 0 nitrogen and oxygen atoms in total. The molecule has 72 valence electrons. The van der Waals surface area contributed by atoms with Crippen molar-refractivity contribution >= 4 is 27.5 Å². The third-order valence-electron chi connectivity index (χ3n) is 2.14. The van der Waals surface area contributed by atoms with Gasteiger partial charge in [0, 0.05) is 9.85 Å². The van der Waals surface area contributed by atoms with Crippen LogP contribution in [0.15, 0.2) is 22.7 Å². The highest BCUT2D eigenvalue weighted by Gasteiger charge is 2.04. The maximum atomic E-state index is 6.08. The van der Waals surface area contributed by atoms with Crippen LogP contribution in [0.3, 0.4) is 0 Å². The molecule has 0 saturated heterocycles. The van der Waals surface area contributed by atoms with Crippen molar-refractivity contribution in [2.75, 3.05) is 0 Å². The van der Waals surface area contributed by atoms with Crippen molar-refractivity contribution in [3.05, 3.63) is 33.8 Å². The Kier molecular flexibility index (Phi) is 4.27. The Morgan fingerprint density at radius 1 is 1.46 bits per heavy atom. The summed E-state index contributed by atoms with van der Waals surface area (Å²) in [5, 5.41) is 0.259. The molecule has 2 heteroatoms. The van der Waals surface area contributed by atoms with E-state index in [0.29, 0.717) is 0 Å². The maximum absolute atomic E-state index is 6.08. The Morgan fingerprint density at radius 3 is 2.69 bits per heavy atom. The summed E-state index contributed by atoms with van der Waals surface area (Å²) >= 11 is 9.59. The van der Waals surface area contributed by atoms with Crippen LogP contribution in [0.25, 0.3) is 0 Å². The molecule has 1 aromatic rings. The normalized spacial score (nSPS) is 12.9. The molecule has 0 aromatic heterocycles. The number of hydrogen-bond acceptors (Lipinski definition) is 0. The molecule has 0 saturated carbocycles. The standard InChI is InChI=1S/C11H14BrCl/c1-3-10(13)6-9-5-4-8(2)11(12)7-9/h4-5,7,10H,3,6H2,1-2H3. The van der Waals surface area contributed by atoms with Gasteiger partial charge in [-0.1, -0.05) is 35.0 Å². The van der Waals surface area contributed by atoms with Gasteiger partial charge in [-0.3, -0.25) is 0 Å². The zero-order valence-electron chi connectivity index (χ0n) is 7.98. The Balaban J connectivity index is 2.73. The number of rotatable bonds is 3. The Morgan fingerprint density at radius 2 is 2.15 bits per heavy atom. The topological polar surface area (TPSA) is 0 Å². The van der Waals surface area contributed by atoms with Crippen LogP contribution in [0.2, 0.25) is 0 Å². The fourth-order valence-corrected chi connectivity index (χ4v) is 1.77. The zero-order chi connectivity index (χ0) is 9.84. The smallest absolute Gasteiger partial charge is 0.0373 e. The van der Waals surface area contributed by atoms with Crippen molar-refractivity contribution in [3.63, 3.8) is 0 Å². The summed E-state index contributed by atoms with van der Waals surface area (Å²) < 4.78 is 1.17. The minimum absolute atomic E-state index is 0.259. The van der Waals surface area contributed by atoms with Crippen LogP contribution in [0.5, 0.6) is 0 Å². The van der Waals surface area contributed by atoms with Gasteiger partial charge in [0.1, 0.15) is 0 Å². The van der Waals surface area contributed by atoms with E-state index in [1.165, 1.54) is 15.6 Å². The minimum atomic E-state index is 0.259. The van der Waals surface area contributed by atoms with E-state index in [1.807, 2.05) is 0 Å². The number of hydrogen-bond donors (Lipinski definition) is 0. The number of alkyl halides is 1. The average molecular weight is 262 g/mol. The van der Waals surface area contributed by atoms with Gasteiger partial charge in [0.15, 0.2) is 0 Å². The van der Waals surface area contributed by atoms with E-state index < -0.39 is 0 Å². The average Bonchev–Trinajstić information content (AvgIpc) is 2.11. The first kappa shape index (κ1) is 11.1. The van der Waals surface area contributed by atoms with Gasteiger partial charge in [-0.2, -0.15) is 0 Å². The van der Waals surface area contributed by atoms with Crippen molar-refractivity contribution in [1.82, 2.24) is 0 Å². The highest BCUT2D eigenvalue weighted by molar-refractivity contribution is 9.10. The summed E-state index contributed by atoms with van der Waals surface area (Å²) in [6.07, 6.45) is 1.98. The molecule has 1 unspecified atom stereocenters. The molecule has 0 fully saturated rings. The maximum Gasteiger partial charge on any atom is 0.0373 e. The van der Waals surface area contributed by atoms with Gasteiger partial charge in [-0.25, -0.2) is 0 Å². The molecule has 0 N–H and O–H groups in total. The van der Waals surface area contributed by atoms with Gasteiger partial charge >= 0.3 is 0 Å². The number of halogens is 2. The number of benzene rings is 1. The van der Waals surface area contributed by atoms with E-state index in [4.69, 9.17) is 11.6 Å². The van der Waals surface area contributed by atoms with Gasteiger partial charge < -0.3 is 0 Å². The van der Waals surface area contributed by atoms with E-state index >= 15 is 0 Å². The van der Waals surface area contributed by atoms with Crippen LogP contribution in [-0.4, -0.2) is 5.38 Å². The fourth-order valence-electron chi connectivity index (χ4n) is 1.16. The third kappa shape index (κ3) is 3.32. The Labute approximate surface area is 93.4 Å². The van der Waals surface area contributed by atoms with E-state index in [2.05, 4.69) is 48.0 Å². The number of aryl methyl sites for hydroxylation is 1. The lowest BCUT2D eigenvalue weighted by Crippen LogP contribution is -2.01. The lowest BCUT2D eigenvalue weighted by molar-refractivity contribution is 0.805. The second kappa shape index (κ2) is 5.02. The SMILES string of the molecule is CCC(Cl)Cc1ccc(C)c(Br)c1. The molecule has 0 amide bonds. The molecule has 1 aromatic carbocycles. The van der Waals surface area contributed by atoms with Gasteiger partial charge in [0.2, 0.25) is 0 Å². The summed E-state index contributed by atoms with van der Waals surface area (Å²) in [5.74, 6) is 0. The molecule has 0 radical (unpaired) electrons. The van der Waals surface area contributed by atoms with Crippen LogP contribution < -0.4 is 0 Å². The molecule has 13 heavy (non-hydrogen) atoms. The summed E-state index contributed by atoms with van der Waals surface area (Å²) in [5.41, 5.74) is 2.57. The second-order valence-corrected chi connectivity index (χ2v) is 4.76. The van der Waals surface area contributed by atoms with Gasteiger partial charge in [-0.15, -0.1) is 11.6 Å². The highest BCUT2D eigenvalue weighted by Crippen LogP contribution is 2.19. The highest BCUT2D eigenvalue weighted by atomic mass is 79.9. The van der Waals surface area contributed by atoms with Gasteiger partial charge in [0.25, 0.3) is 0 Å². The molecular formula is C11H14BrCl. The zero-order valence-corrected chi connectivity index (χ0v) is 10.3. The fraction of sp³-hybridized carbons (Fsp3) is 0.455. The lowest BCUT2D eigenvalue weighted by Gasteiger charge is -2.07. The van der Waals surface area contributed by atoms with Crippen molar-refractivity contribution in [3.8, 4) is 0 Å². The van der Waals surface area contributed by atoms with Crippen LogP contribution in [-0.2, 0) is 6.42 Å². The van der Waals surface area contributed by atoms with E-state index in [1.54, 1.807) is 0 Å². The molecule has 0 bridgehead atoms. The Bertz CT molecular complexity index is 283. The predicted molar refractivity (Wildman–Crippen MR) is 62.5 cm³/mol. The van der Waals surface area contributed by atoms with E-state index in [0.717, 1.165) is 12.8 Å². The summed E-state index contributed by atoms with van der Waals surface area (Å²) in [6.45, 7) is 4.20. The molecule has 1 atom stereocenters. The van der Waals surface area contributed by atoms with Crippen LogP contribution >= 0.6 is 27.5 Å². The summed E-state index contributed by atoms with van der Waals surface area (Å²) in [7, 11) is 0. The lowest BCUT2D eigenvalue weighted by atomic mass is 10.1. The van der Waals surface area contributed by atoms with Crippen LogP contribution in [0.4, 0.5) is 0 Å². The summed E-state index contributed by atoms with van der Waals surface area (Å²) in [6, 6.07) is 6.42. The molecule has 0 aliphatic rings. The Hall–Kier alpha value is -0.0100. The van der Waals surface area contributed by atoms with E-state index in [9.17, 15) is 0 Å². The van der Waals surface area contributed by atoms with Crippen LogP contribution in [0, 0.1) is 6.92 Å². The molecule has 0 heterocycles. The molecular weight excluding hydrogens is 247 g/mol. The minimum Gasteiger partial charge on any atom is -0.123 e. The van der Waals surface area contributed by atoms with Gasteiger partial charge in [-0.05, 0) is 37.0 Å². The van der Waals surface area contributed by atoms with Gasteiger partial charge in [0.05, 0.1) is 0 Å². The molecule has 0 spiro atoms. The van der Waals surface area contributed by atoms with Crippen molar-refractivity contribution in [1.29, 1.82) is 0 Å². The molecule has 1 rings (SSSR count). The van der Waals surface area contributed by atoms with Crippen molar-refractivity contribution < 1.29 is 0 Å². The monoisotopic (exact) mass is 260 g/mol. The van der Waals surface area contributed by atoms with Crippen molar-refractivity contribution in [2.45, 2.75) is 32.1 Å². The first-order chi connectivity index (χ1) is 6.13. The van der Waals surface area contributed by atoms with Crippen molar-refractivity contribution in [2.24, 2.45) is 0 Å². The predicted octanol–water partition coefficient (Wildman–Crippen LogP) is 4.32. The van der Waals surface area contributed by atoms with E-state index in [-0.39, 0.29) is 5.38 Å².